The lowest BCUT2D eigenvalue weighted by Gasteiger charge is -2.27. The molecule has 2 rings (SSSR count). The molecule has 0 N–H and O–H groups in total. The predicted molar refractivity (Wildman–Crippen MR) is 119 cm³/mol. The van der Waals surface area contributed by atoms with Gasteiger partial charge in [0.15, 0.2) is 11.5 Å². The SMILES string of the molecule is CCN(CC)c1ccc(/C=C/C2=CC(=C(C(=O)OC)C(=O)OC)C=C(C(C)(C)C)O2)o1. The first kappa shape index (κ1) is 24.1. The highest BCUT2D eigenvalue weighted by Crippen LogP contribution is 2.34. The highest BCUT2D eigenvalue weighted by molar-refractivity contribution is 6.15. The molecule has 1 aromatic heterocycles. The Morgan fingerprint density at radius 3 is 2.13 bits per heavy atom. The first-order valence-electron chi connectivity index (χ1n) is 10.2. The van der Waals surface area contributed by atoms with Crippen molar-refractivity contribution in [3.05, 3.63) is 58.8 Å². The van der Waals surface area contributed by atoms with E-state index in [2.05, 4.69) is 18.7 Å². The molecule has 7 nitrogen and oxygen atoms in total. The Kier molecular flexibility index (Phi) is 7.91. The van der Waals surface area contributed by atoms with Crippen LogP contribution in [0.1, 0.15) is 40.4 Å². The number of hydrogen-bond acceptors (Lipinski definition) is 7. The summed E-state index contributed by atoms with van der Waals surface area (Å²) in [6.45, 7) is 11.7. The summed E-state index contributed by atoms with van der Waals surface area (Å²) in [5, 5.41) is 0. The number of esters is 2. The molecule has 0 saturated heterocycles. The van der Waals surface area contributed by atoms with Gasteiger partial charge in [0.25, 0.3) is 0 Å². The molecule has 0 aromatic carbocycles. The first-order chi connectivity index (χ1) is 14.6. The summed E-state index contributed by atoms with van der Waals surface area (Å²) in [5.74, 6) is 0.944. The molecule has 7 heteroatoms. The third-order valence-corrected chi connectivity index (χ3v) is 4.72. The van der Waals surface area contributed by atoms with Crippen molar-refractivity contribution in [1.82, 2.24) is 0 Å². The van der Waals surface area contributed by atoms with E-state index in [0.717, 1.165) is 19.0 Å². The van der Waals surface area contributed by atoms with Crippen molar-refractivity contribution in [1.29, 1.82) is 0 Å². The molecule has 31 heavy (non-hydrogen) atoms. The van der Waals surface area contributed by atoms with Crippen molar-refractivity contribution in [3.8, 4) is 0 Å². The number of allylic oxidation sites excluding steroid dienone is 5. The maximum Gasteiger partial charge on any atom is 0.345 e. The molecule has 0 bridgehead atoms. The minimum absolute atomic E-state index is 0.192. The summed E-state index contributed by atoms with van der Waals surface area (Å²) in [5.41, 5.74) is -0.197. The second-order valence-electron chi connectivity index (χ2n) is 7.90. The minimum atomic E-state index is -0.775. The van der Waals surface area contributed by atoms with Gasteiger partial charge in [-0.3, -0.25) is 0 Å². The van der Waals surface area contributed by atoms with E-state index in [-0.39, 0.29) is 11.0 Å². The van der Waals surface area contributed by atoms with E-state index < -0.39 is 11.9 Å². The van der Waals surface area contributed by atoms with Crippen molar-refractivity contribution >= 4 is 23.9 Å². The molecule has 168 valence electrons. The maximum atomic E-state index is 12.3. The number of rotatable bonds is 7. The van der Waals surface area contributed by atoms with E-state index in [0.29, 0.717) is 22.9 Å². The average Bonchev–Trinajstić information content (AvgIpc) is 3.21. The van der Waals surface area contributed by atoms with Crippen LogP contribution in [0.2, 0.25) is 0 Å². The number of furan rings is 1. The van der Waals surface area contributed by atoms with Crippen molar-refractivity contribution in [3.63, 3.8) is 0 Å². The van der Waals surface area contributed by atoms with Crippen LogP contribution in [0, 0.1) is 5.41 Å². The highest BCUT2D eigenvalue weighted by atomic mass is 16.5. The van der Waals surface area contributed by atoms with Crippen LogP contribution in [0.4, 0.5) is 5.88 Å². The molecule has 0 spiro atoms. The fourth-order valence-electron chi connectivity index (χ4n) is 2.94. The molecule has 0 saturated carbocycles. The summed E-state index contributed by atoms with van der Waals surface area (Å²) in [4.78, 5) is 26.6. The molecule has 0 amide bonds. The van der Waals surface area contributed by atoms with Crippen LogP contribution >= 0.6 is 0 Å². The molecule has 0 unspecified atom stereocenters. The van der Waals surface area contributed by atoms with Gasteiger partial charge in [0.1, 0.15) is 17.3 Å². The number of ether oxygens (including phenoxy) is 3. The van der Waals surface area contributed by atoms with Crippen LogP contribution in [0.3, 0.4) is 0 Å². The van der Waals surface area contributed by atoms with E-state index in [1.807, 2.05) is 32.9 Å². The monoisotopic (exact) mass is 429 g/mol. The number of nitrogens with zero attached hydrogens (tertiary/aromatic N) is 1. The molecular formula is C24H31NO6. The van der Waals surface area contributed by atoms with Crippen LogP contribution in [-0.2, 0) is 23.8 Å². The van der Waals surface area contributed by atoms with Crippen LogP contribution in [0.5, 0.6) is 0 Å². The number of hydrogen-bond donors (Lipinski definition) is 0. The Morgan fingerprint density at radius 1 is 1.00 bits per heavy atom. The van der Waals surface area contributed by atoms with E-state index >= 15 is 0 Å². The van der Waals surface area contributed by atoms with Crippen molar-refractivity contribution in [2.75, 3.05) is 32.2 Å². The van der Waals surface area contributed by atoms with E-state index in [9.17, 15) is 9.59 Å². The van der Waals surface area contributed by atoms with Gasteiger partial charge in [-0.2, -0.15) is 0 Å². The lowest BCUT2D eigenvalue weighted by Crippen LogP contribution is -2.20. The Labute approximate surface area is 183 Å². The average molecular weight is 430 g/mol. The smallest absolute Gasteiger partial charge is 0.345 e. The number of anilines is 1. The molecular weight excluding hydrogens is 398 g/mol. The molecule has 0 atom stereocenters. The first-order valence-corrected chi connectivity index (χ1v) is 10.2. The Hall–Kier alpha value is -3.22. The number of carbonyl (C=O) groups excluding carboxylic acids is 2. The second-order valence-corrected chi connectivity index (χ2v) is 7.90. The van der Waals surface area contributed by atoms with Crippen molar-refractivity contribution < 1.29 is 28.2 Å². The third kappa shape index (κ3) is 5.90. The lowest BCUT2D eigenvalue weighted by molar-refractivity contribution is -0.144. The van der Waals surface area contributed by atoms with Crippen molar-refractivity contribution in [2.45, 2.75) is 34.6 Å². The lowest BCUT2D eigenvalue weighted by atomic mass is 9.90. The topological polar surface area (TPSA) is 78.2 Å². The largest absolute Gasteiger partial charge is 0.465 e. The van der Waals surface area contributed by atoms with E-state index in [1.165, 1.54) is 14.2 Å². The van der Waals surface area contributed by atoms with Gasteiger partial charge < -0.3 is 23.5 Å². The summed E-state index contributed by atoms with van der Waals surface area (Å²) < 4.78 is 21.5. The Balaban J connectivity index is 2.47. The van der Waals surface area contributed by atoms with Crippen LogP contribution < -0.4 is 4.90 Å². The summed E-state index contributed by atoms with van der Waals surface area (Å²) in [7, 11) is 2.43. The molecule has 0 radical (unpaired) electrons. The fourth-order valence-corrected chi connectivity index (χ4v) is 2.94. The summed E-state index contributed by atoms with van der Waals surface area (Å²) in [6, 6.07) is 3.79. The van der Waals surface area contributed by atoms with Crippen LogP contribution in [0.15, 0.2) is 57.4 Å². The molecule has 2 heterocycles. The zero-order chi connectivity index (χ0) is 23.2. The number of carbonyl (C=O) groups is 2. The van der Waals surface area contributed by atoms with Gasteiger partial charge in [-0.25, -0.2) is 9.59 Å². The van der Waals surface area contributed by atoms with E-state index in [4.69, 9.17) is 18.6 Å². The predicted octanol–water partition coefficient (Wildman–Crippen LogP) is 4.63. The van der Waals surface area contributed by atoms with Gasteiger partial charge in [0, 0.05) is 30.1 Å². The quantitative estimate of drug-likeness (QED) is 0.271. The van der Waals surface area contributed by atoms with Crippen LogP contribution in [-0.4, -0.2) is 39.2 Å². The van der Waals surface area contributed by atoms with Gasteiger partial charge in [-0.05, 0) is 44.2 Å². The third-order valence-electron chi connectivity index (χ3n) is 4.72. The van der Waals surface area contributed by atoms with Gasteiger partial charge in [0.05, 0.1) is 14.2 Å². The molecule has 0 fully saturated rings. The maximum absolute atomic E-state index is 12.3. The van der Waals surface area contributed by atoms with Gasteiger partial charge in [-0.15, -0.1) is 0 Å². The van der Waals surface area contributed by atoms with Crippen LogP contribution in [0.25, 0.3) is 6.08 Å². The summed E-state index contributed by atoms with van der Waals surface area (Å²) >= 11 is 0. The standard InChI is InChI=1S/C24H31NO6/c1-8-25(9-2)20-13-12-17(31-20)10-11-18-14-16(15-19(30-18)24(3,4)5)21(22(26)28-6)23(27)29-7/h10-15H,8-9H2,1-7H3/b11-10+. The zero-order valence-electron chi connectivity index (χ0n) is 19.3. The van der Waals surface area contributed by atoms with Crippen molar-refractivity contribution in [2.24, 2.45) is 5.41 Å². The van der Waals surface area contributed by atoms with Gasteiger partial charge >= 0.3 is 11.9 Å². The Bertz CT molecular complexity index is 918. The molecule has 1 aromatic rings. The molecule has 1 aliphatic rings. The minimum Gasteiger partial charge on any atom is -0.465 e. The number of methoxy groups -OCH3 is 2. The Morgan fingerprint density at radius 2 is 1.61 bits per heavy atom. The van der Waals surface area contributed by atoms with E-state index in [1.54, 1.807) is 24.3 Å². The second kappa shape index (κ2) is 10.2. The molecule has 0 aliphatic carbocycles. The fraction of sp³-hybridized carbons (Fsp3) is 0.417. The summed E-state index contributed by atoms with van der Waals surface area (Å²) in [6.07, 6.45) is 6.77. The molecule has 1 aliphatic heterocycles. The normalized spacial score (nSPS) is 14.0. The van der Waals surface area contributed by atoms with Gasteiger partial charge in [0.2, 0.25) is 0 Å². The zero-order valence-corrected chi connectivity index (χ0v) is 19.3. The van der Waals surface area contributed by atoms with Gasteiger partial charge in [-0.1, -0.05) is 20.8 Å². The highest BCUT2D eigenvalue weighted by Gasteiger charge is 2.29.